The fourth-order valence-electron chi connectivity index (χ4n) is 1.75. The van der Waals surface area contributed by atoms with Gasteiger partial charge in [-0.15, -0.1) is 11.3 Å². The maximum atomic E-state index is 11.7. The fraction of sp³-hybridized carbons (Fsp3) is 0.200. The molecule has 0 aromatic carbocycles. The second-order valence-corrected chi connectivity index (χ2v) is 6.45. The molecule has 8 nitrogen and oxygen atoms in total. The van der Waals surface area contributed by atoms with Crippen molar-refractivity contribution in [2.75, 3.05) is 18.5 Å². The van der Waals surface area contributed by atoms with Crippen molar-refractivity contribution < 1.29 is 23.9 Å². The van der Waals surface area contributed by atoms with E-state index in [4.69, 9.17) is 10.5 Å². The van der Waals surface area contributed by atoms with E-state index in [-0.39, 0.29) is 24.4 Å². The maximum absolute atomic E-state index is 11.7. The molecule has 0 saturated heterocycles. The van der Waals surface area contributed by atoms with E-state index in [9.17, 15) is 19.2 Å². The van der Waals surface area contributed by atoms with Gasteiger partial charge in [-0.2, -0.15) is 11.3 Å². The smallest absolute Gasteiger partial charge is 0.308 e. The second-order valence-electron chi connectivity index (χ2n) is 4.75. The van der Waals surface area contributed by atoms with Crippen LogP contribution in [-0.4, -0.2) is 36.8 Å². The summed E-state index contributed by atoms with van der Waals surface area (Å²) in [5.74, 6) is -2.14. The number of ether oxygens (including phenoxy) is 1. The van der Waals surface area contributed by atoms with Crippen molar-refractivity contribution in [3.8, 4) is 0 Å². The van der Waals surface area contributed by atoms with E-state index in [2.05, 4.69) is 10.6 Å². The Hall–Kier alpha value is -2.72. The lowest BCUT2D eigenvalue weighted by atomic mass is 10.3. The molecule has 2 aromatic rings. The third-order valence-electron chi connectivity index (χ3n) is 2.95. The molecule has 0 unspecified atom stereocenters. The molecule has 3 amide bonds. The summed E-state index contributed by atoms with van der Waals surface area (Å²) in [5, 5.41) is 10.4. The summed E-state index contributed by atoms with van der Waals surface area (Å²) < 4.78 is 4.81. The van der Waals surface area contributed by atoms with Gasteiger partial charge in [-0.1, -0.05) is 0 Å². The summed E-state index contributed by atoms with van der Waals surface area (Å²) in [4.78, 5) is 46.1. The first kappa shape index (κ1) is 18.6. The molecule has 2 rings (SSSR count). The van der Waals surface area contributed by atoms with Crippen molar-refractivity contribution in [1.29, 1.82) is 0 Å². The zero-order chi connectivity index (χ0) is 18.2. The summed E-state index contributed by atoms with van der Waals surface area (Å²) in [6, 6.07) is 3.17. The Labute approximate surface area is 151 Å². The summed E-state index contributed by atoms with van der Waals surface area (Å²) in [6.07, 6.45) is -0.0608. The van der Waals surface area contributed by atoms with Crippen molar-refractivity contribution in [3.05, 3.63) is 39.4 Å². The SMILES string of the molecule is NC(=O)c1ccsc1NC(=O)COC(=O)CCNC(=O)c1ccsc1. The monoisotopic (exact) mass is 381 g/mol. The lowest BCUT2D eigenvalue weighted by molar-refractivity contribution is -0.147. The van der Waals surface area contributed by atoms with Crippen LogP contribution in [0.3, 0.4) is 0 Å². The number of carbonyl (C=O) groups is 4. The Balaban J connectivity index is 1.67. The van der Waals surface area contributed by atoms with Crippen LogP contribution in [0.2, 0.25) is 0 Å². The zero-order valence-corrected chi connectivity index (χ0v) is 14.6. The minimum atomic E-state index is -0.657. The molecule has 0 aliphatic rings. The molecule has 2 aromatic heterocycles. The number of anilines is 1. The highest BCUT2D eigenvalue weighted by Gasteiger charge is 2.14. The van der Waals surface area contributed by atoms with Crippen molar-refractivity contribution >= 4 is 51.4 Å². The number of hydrogen-bond acceptors (Lipinski definition) is 7. The minimum Gasteiger partial charge on any atom is -0.456 e. The number of rotatable bonds is 8. The molecule has 10 heteroatoms. The highest BCUT2D eigenvalue weighted by atomic mass is 32.1. The van der Waals surface area contributed by atoms with Gasteiger partial charge in [0.25, 0.3) is 17.7 Å². The maximum Gasteiger partial charge on any atom is 0.308 e. The molecule has 4 N–H and O–H groups in total. The molecular weight excluding hydrogens is 366 g/mol. The van der Waals surface area contributed by atoms with Crippen molar-refractivity contribution in [3.63, 3.8) is 0 Å². The Bertz CT molecular complexity index is 770. The predicted octanol–water partition coefficient (Wildman–Crippen LogP) is 1.21. The normalized spacial score (nSPS) is 10.1. The van der Waals surface area contributed by atoms with Crippen LogP contribution < -0.4 is 16.4 Å². The van der Waals surface area contributed by atoms with Crippen LogP contribution in [0.5, 0.6) is 0 Å². The third-order valence-corrected chi connectivity index (χ3v) is 4.46. The van der Waals surface area contributed by atoms with Crippen molar-refractivity contribution in [1.82, 2.24) is 5.32 Å². The molecule has 2 heterocycles. The molecule has 0 bridgehead atoms. The van der Waals surface area contributed by atoms with Gasteiger partial charge in [0.05, 0.1) is 12.0 Å². The van der Waals surface area contributed by atoms with E-state index in [1.54, 1.807) is 22.2 Å². The van der Waals surface area contributed by atoms with Crippen molar-refractivity contribution in [2.24, 2.45) is 5.73 Å². The largest absolute Gasteiger partial charge is 0.456 e. The van der Waals surface area contributed by atoms with Gasteiger partial charge < -0.3 is 21.1 Å². The molecule has 0 fully saturated rings. The van der Waals surface area contributed by atoms with Crippen LogP contribution in [0.15, 0.2) is 28.3 Å². The number of nitrogens with two attached hydrogens (primary N) is 1. The van der Waals surface area contributed by atoms with Gasteiger partial charge in [0.1, 0.15) is 5.00 Å². The molecule has 0 saturated carbocycles. The third kappa shape index (κ3) is 5.69. The van der Waals surface area contributed by atoms with E-state index in [1.807, 2.05) is 0 Å². The van der Waals surface area contributed by atoms with Gasteiger partial charge in [-0.25, -0.2) is 0 Å². The lowest BCUT2D eigenvalue weighted by Crippen LogP contribution is -2.27. The van der Waals surface area contributed by atoms with Gasteiger partial charge in [0.2, 0.25) is 0 Å². The lowest BCUT2D eigenvalue weighted by Gasteiger charge is -2.07. The van der Waals surface area contributed by atoms with E-state index in [0.29, 0.717) is 10.6 Å². The van der Waals surface area contributed by atoms with Crippen molar-refractivity contribution in [2.45, 2.75) is 6.42 Å². The fourth-order valence-corrected chi connectivity index (χ4v) is 3.20. The van der Waals surface area contributed by atoms with Crippen LogP contribution >= 0.6 is 22.7 Å². The standard InChI is InChI=1S/C15H15N3O5S2/c16-13(21)10-3-6-25-15(10)18-11(19)7-23-12(20)1-4-17-14(22)9-2-5-24-8-9/h2-3,5-6,8H,1,4,7H2,(H2,16,21)(H,17,22)(H,18,19). The number of primary amides is 1. The molecule has 0 aliphatic heterocycles. The van der Waals surface area contributed by atoms with E-state index in [0.717, 1.165) is 11.3 Å². The first-order valence-electron chi connectivity index (χ1n) is 7.10. The molecule has 25 heavy (non-hydrogen) atoms. The summed E-state index contributed by atoms with van der Waals surface area (Å²) in [7, 11) is 0. The van der Waals surface area contributed by atoms with Gasteiger partial charge >= 0.3 is 5.97 Å². The molecule has 0 spiro atoms. The number of nitrogens with one attached hydrogen (secondary N) is 2. The summed E-state index contributed by atoms with van der Waals surface area (Å²) in [6.45, 7) is -0.390. The average molecular weight is 381 g/mol. The molecule has 0 aliphatic carbocycles. The van der Waals surface area contributed by atoms with E-state index in [1.165, 1.54) is 17.4 Å². The van der Waals surface area contributed by atoms with Gasteiger partial charge in [0, 0.05) is 17.5 Å². The van der Waals surface area contributed by atoms with Crippen LogP contribution in [-0.2, 0) is 14.3 Å². The topological polar surface area (TPSA) is 128 Å². The Morgan fingerprint density at radius 3 is 2.64 bits per heavy atom. The van der Waals surface area contributed by atoms with Crippen LogP contribution in [0.4, 0.5) is 5.00 Å². The number of hydrogen-bond donors (Lipinski definition) is 3. The Morgan fingerprint density at radius 1 is 1.16 bits per heavy atom. The average Bonchev–Trinajstić information content (AvgIpc) is 3.24. The summed E-state index contributed by atoms with van der Waals surface area (Å²) in [5.41, 5.74) is 5.89. The Morgan fingerprint density at radius 2 is 1.96 bits per heavy atom. The zero-order valence-electron chi connectivity index (χ0n) is 12.9. The second kappa shape index (κ2) is 8.94. The minimum absolute atomic E-state index is 0.0608. The van der Waals surface area contributed by atoms with Crippen LogP contribution in [0, 0.1) is 0 Å². The van der Waals surface area contributed by atoms with E-state index >= 15 is 0 Å². The highest BCUT2D eigenvalue weighted by molar-refractivity contribution is 7.14. The first-order chi connectivity index (χ1) is 12.0. The Kier molecular flexibility index (Phi) is 6.66. The quantitative estimate of drug-likeness (QED) is 0.592. The number of thiophene rings is 2. The van der Waals surface area contributed by atoms with Crippen LogP contribution in [0.25, 0.3) is 0 Å². The molecule has 0 atom stereocenters. The number of esters is 1. The highest BCUT2D eigenvalue weighted by Crippen LogP contribution is 2.22. The summed E-state index contributed by atoms with van der Waals surface area (Å²) >= 11 is 2.53. The van der Waals surface area contributed by atoms with E-state index < -0.39 is 24.4 Å². The number of amides is 3. The molecular formula is C15H15N3O5S2. The van der Waals surface area contributed by atoms with Crippen LogP contribution in [0.1, 0.15) is 27.1 Å². The first-order valence-corrected chi connectivity index (χ1v) is 8.93. The molecule has 132 valence electrons. The molecule has 0 radical (unpaired) electrons. The van der Waals surface area contributed by atoms with Gasteiger partial charge in [-0.3, -0.25) is 19.2 Å². The number of carbonyl (C=O) groups excluding carboxylic acids is 4. The van der Waals surface area contributed by atoms with Gasteiger partial charge in [0.15, 0.2) is 6.61 Å². The van der Waals surface area contributed by atoms with Gasteiger partial charge in [-0.05, 0) is 22.9 Å². The predicted molar refractivity (Wildman–Crippen MR) is 93.7 cm³/mol.